The van der Waals surface area contributed by atoms with Crippen molar-refractivity contribution in [1.29, 1.82) is 0 Å². The minimum Gasteiger partial charge on any atom is -0.467 e. The molecule has 4 aromatic rings. The molecule has 0 atom stereocenters. The van der Waals surface area contributed by atoms with E-state index in [1.807, 2.05) is 24.3 Å². The minimum absolute atomic E-state index is 0.0815. The monoisotopic (exact) mass is 392 g/mol. The van der Waals surface area contributed by atoms with Crippen molar-refractivity contribution in [2.24, 2.45) is 0 Å². The van der Waals surface area contributed by atoms with Gasteiger partial charge in [-0.1, -0.05) is 36.3 Å². The van der Waals surface area contributed by atoms with E-state index >= 15 is 0 Å². The topological polar surface area (TPSA) is 103 Å². The summed E-state index contributed by atoms with van der Waals surface area (Å²) in [4.78, 5) is 29.0. The molecule has 0 aliphatic heterocycles. The Morgan fingerprint density at radius 3 is 2.76 bits per heavy atom. The SMILES string of the molecule is CCc1ccc(-c2noc3c(=O)n(CCC(=O)NCc4ccco4)cnc23)cc1. The highest BCUT2D eigenvalue weighted by Gasteiger charge is 2.16. The summed E-state index contributed by atoms with van der Waals surface area (Å²) in [5.41, 5.74) is 2.71. The predicted octanol–water partition coefficient (Wildman–Crippen LogP) is 2.91. The first-order valence-electron chi connectivity index (χ1n) is 9.39. The highest BCUT2D eigenvalue weighted by Crippen LogP contribution is 2.24. The third-order valence-electron chi connectivity index (χ3n) is 4.70. The van der Waals surface area contributed by atoms with E-state index in [1.54, 1.807) is 18.4 Å². The van der Waals surface area contributed by atoms with Gasteiger partial charge in [0, 0.05) is 18.5 Å². The Bertz CT molecular complexity index is 1170. The molecule has 1 N–H and O–H groups in total. The van der Waals surface area contributed by atoms with E-state index < -0.39 is 0 Å². The lowest BCUT2D eigenvalue weighted by molar-refractivity contribution is -0.121. The van der Waals surface area contributed by atoms with Crippen LogP contribution in [0.1, 0.15) is 24.7 Å². The number of aryl methyl sites for hydroxylation is 2. The molecule has 29 heavy (non-hydrogen) atoms. The first kappa shape index (κ1) is 18.7. The molecule has 3 aromatic heterocycles. The molecule has 0 saturated heterocycles. The zero-order valence-electron chi connectivity index (χ0n) is 15.9. The van der Waals surface area contributed by atoms with Gasteiger partial charge in [0.05, 0.1) is 19.1 Å². The highest BCUT2D eigenvalue weighted by atomic mass is 16.5. The van der Waals surface area contributed by atoms with Crippen LogP contribution in [0.3, 0.4) is 0 Å². The normalized spacial score (nSPS) is 11.1. The molecule has 0 fully saturated rings. The summed E-state index contributed by atoms with van der Waals surface area (Å²) in [6.07, 6.45) is 4.04. The van der Waals surface area contributed by atoms with E-state index in [9.17, 15) is 9.59 Å². The van der Waals surface area contributed by atoms with Crippen molar-refractivity contribution >= 4 is 17.0 Å². The second kappa shape index (κ2) is 8.14. The Balaban J connectivity index is 1.48. The quantitative estimate of drug-likeness (QED) is 0.519. The summed E-state index contributed by atoms with van der Waals surface area (Å²) in [6.45, 7) is 2.58. The Hall–Kier alpha value is -3.68. The third kappa shape index (κ3) is 3.96. The van der Waals surface area contributed by atoms with Gasteiger partial charge in [0.2, 0.25) is 5.91 Å². The van der Waals surface area contributed by atoms with Crippen molar-refractivity contribution in [2.45, 2.75) is 32.9 Å². The molecule has 3 heterocycles. The fraction of sp³-hybridized carbons (Fsp3) is 0.238. The number of amides is 1. The minimum atomic E-state index is -0.363. The van der Waals surface area contributed by atoms with Crippen molar-refractivity contribution < 1.29 is 13.7 Å². The number of hydrogen-bond acceptors (Lipinski definition) is 6. The van der Waals surface area contributed by atoms with Crippen LogP contribution in [-0.4, -0.2) is 20.6 Å². The zero-order chi connectivity index (χ0) is 20.2. The second-order valence-corrected chi connectivity index (χ2v) is 6.61. The molecule has 1 aromatic carbocycles. The van der Waals surface area contributed by atoms with Gasteiger partial charge in [-0.15, -0.1) is 0 Å². The smallest absolute Gasteiger partial charge is 0.299 e. The first-order valence-corrected chi connectivity index (χ1v) is 9.39. The molecule has 1 amide bonds. The molecule has 0 spiro atoms. The number of carbonyl (C=O) groups excluding carboxylic acids is 1. The Labute approximate surface area is 166 Å². The van der Waals surface area contributed by atoms with Crippen LogP contribution in [0.25, 0.3) is 22.4 Å². The van der Waals surface area contributed by atoms with E-state index in [4.69, 9.17) is 8.94 Å². The molecule has 0 radical (unpaired) electrons. The number of rotatable bonds is 7. The molecule has 0 aliphatic carbocycles. The maximum atomic E-state index is 12.7. The van der Waals surface area contributed by atoms with E-state index in [0.717, 1.165) is 12.0 Å². The van der Waals surface area contributed by atoms with E-state index in [2.05, 4.69) is 22.4 Å². The predicted molar refractivity (Wildman–Crippen MR) is 106 cm³/mol. The Kier molecular flexibility index (Phi) is 5.24. The molecule has 8 heteroatoms. The lowest BCUT2D eigenvalue weighted by atomic mass is 10.1. The summed E-state index contributed by atoms with van der Waals surface area (Å²) in [5.74, 6) is 0.474. The van der Waals surface area contributed by atoms with Crippen molar-refractivity contribution in [3.8, 4) is 11.3 Å². The van der Waals surface area contributed by atoms with Crippen LogP contribution in [0.2, 0.25) is 0 Å². The Morgan fingerprint density at radius 2 is 2.03 bits per heavy atom. The molecule has 0 saturated carbocycles. The fourth-order valence-corrected chi connectivity index (χ4v) is 3.01. The van der Waals surface area contributed by atoms with Gasteiger partial charge in [-0.25, -0.2) is 4.98 Å². The van der Waals surface area contributed by atoms with Crippen LogP contribution in [0.15, 0.2) is 62.7 Å². The molecular weight excluding hydrogens is 372 g/mol. The van der Waals surface area contributed by atoms with Crippen molar-refractivity contribution in [3.63, 3.8) is 0 Å². The number of aromatic nitrogens is 3. The lowest BCUT2D eigenvalue weighted by Crippen LogP contribution is -2.27. The standard InChI is InChI=1S/C21H20N4O4/c1-2-14-5-7-15(8-6-14)18-19-20(29-24-18)21(27)25(13-23-19)10-9-17(26)22-12-16-4-3-11-28-16/h3-8,11,13H,2,9-10,12H2,1H3,(H,22,26). The summed E-state index contributed by atoms with van der Waals surface area (Å²) in [5, 5.41) is 6.78. The molecule has 0 bridgehead atoms. The van der Waals surface area contributed by atoms with Gasteiger partial charge in [0.1, 0.15) is 17.0 Å². The number of furan rings is 1. The molecule has 148 valence electrons. The van der Waals surface area contributed by atoms with Gasteiger partial charge < -0.3 is 14.3 Å². The van der Waals surface area contributed by atoms with E-state index in [1.165, 1.54) is 16.5 Å². The van der Waals surface area contributed by atoms with Crippen LogP contribution in [0.4, 0.5) is 0 Å². The summed E-state index contributed by atoms with van der Waals surface area (Å²) in [6, 6.07) is 11.4. The number of benzene rings is 1. The average Bonchev–Trinajstić information content (AvgIpc) is 3.42. The maximum absolute atomic E-state index is 12.7. The zero-order valence-corrected chi connectivity index (χ0v) is 15.9. The summed E-state index contributed by atoms with van der Waals surface area (Å²) < 4.78 is 11.8. The largest absolute Gasteiger partial charge is 0.467 e. The number of carbonyl (C=O) groups is 1. The van der Waals surface area contributed by atoms with Crippen molar-refractivity contribution in [3.05, 3.63) is 70.7 Å². The molecule has 8 nitrogen and oxygen atoms in total. The molecule has 0 aliphatic rings. The van der Waals surface area contributed by atoms with Crippen LogP contribution in [0, 0.1) is 0 Å². The first-order chi connectivity index (χ1) is 14.2. The van der Waals surface area contributed by atoms with Gasteiger partial charge in [0.25, 0.3) is 11.1 Å². The third-order valence-corrected chi connectivity index (χ3v) is 4.70. The van der Waals surface area contributed by atoms with Crippen LogP contribution in [0.5, 0.6) is 0 Å². The second-order valence-electron chi connectivity index (χ2n) is 6.61. The molecule has 0 unspecified atom stereocenters. The number of fused-ring (bicyclic) bond motifs is 1. The Morgan fingerprint density at radius 1 is 1.21 bits per heavy atom. The van der Waals surface area contributed by atoms with Gasteiger partial charge in [-0.05, 0) is 24.1 Å². The number of nitrogens with zero attached hydrogens (tertiary/aromatic N) is 3. The van der Waals surface area contributed by atoms with Crippen LogP contribution >= 0.6 is 0 Å². The number of hydrogen-bond donors (Lipinski definition) is 1. The van der Waals surface area contributed by atoms with E-state index in [-0.39, 0.29) is 30.0 Å². The number of nitrogens with one attached hydrogen (secondary N) is 1. The van der Waals surface area contributed by atoms with Gasteiger partial charge in [0.15, 0.2) is 0 Å². The van der Waals surface area contributed by atoms with E-state index in [0.29, 0.717) is 23.5 Å². The van der Waals surface area contributed by atoms with Crippen LogP contribution < -0.4 is 10.9 Å². The van der Waals surface area contributed by atoms with Crippen LogP contribution in [-0.2, 0) is 24.3 Å². The van der Waals surface area contributed by atoms with Gasteiger partial charge in [-0.2, -0.15) is 0 Å². The van der Waals surface area contributed by atoms with Gasteiger partial charge >= 0.3 is 0 Å². The van der Waals surface area contributed by atoms with Crippen molar-refractivity contribution in [2.75, 3.05) is 0 Å². The molecule has 4 rings (SSSR count). The summed E-state index contributed by atoms with van der Waals surface area (Å²) in [7, 11) is 0. The van der Waals surface area contributed by atoms with Gasteiger partial charge in [-0.3, -0.25) is 14.2 Å². The lowest BCUT2D eigenvalue weighted by Gasteiger charge is -2.05. The molecular formula is C21H20N4O4. The highest BCUT2D eigenvalue weighted by molar-refractivity contribution is 5.87. The summed E-state index contributed by atoms with van der Waals surface area (Å²) >= 11 is 0. The van der Waals surface area contributed by atoms with Crippen molar-refractivity contribution in [1.82, 2.24) is 20.0 Å². The maximum Gasteiger partial charge on any atom is 0.299 e. The average molecular weight is 392 g/mol. The fourth-order valence-electron chi connectivity index (χ4n) is 3.01.